The average Bonchev–Trinajstić information content (AvgIpc) is 3.17. The molecule has 0 amide bonds. The molecule has 33 heavy (non-hydrogen) atoms. The number of methoxy groups -OCH3 is 1. The monoisotopic (exact) mass is 482 g/mol. The summed E-state index contributed by atoms with van der Waals surface area (Å²) in [6.07, 6.45) is 2.64. The summed E-state index contributed by atoms with van der Waals surface area (Å²) >= 11 is 12.2. The van der Waals surface area contributed by atoms with Crippen LogP contribution in [-0.4, -0.2) is 23.3 Å². The van der Waals surface area contributed by atoms with Crippen LogP contribution < -0.4 is 14.2 Å². The van der Waals surface area contributed by atoms with Gasteiger partial charge in [-0.05, 0) is 54.4 Å². The molecular weight excluding hydrogens is 459 g/mol. The van der Waals surface area contributed by atoms with Crippen molar-refractivity contribution in [1.82, 2.24) is 9.55 Å². The lowest BCUT2D eigenvalue weighted by molar-refractivity contribution is 0.264. The number of imidazole rings is 1. The van der Waals surface area contributed by atoms with Gasteiger partial charge in [0.2, 0.25) is 0 Å². The Kier molecular flexibility index (Phi) is 7.43. The Morgan fingerprint density at radius 1 is 0.970 bits per heavy atom. The molecule has 1 heterocycles. The molecule has 170 valence electrons. The zero-order valence-electron chi connectivity index (χ0n) is 18.3. The summed E-state index contributed by atoms with van der Waals surface area (Å²) in [7, 11) is 1.64. The molecule has 0 spiro atoms. The molecule has 0 radical (unpaired) electrons. The molecule has 4 rings (SSSR count). The Morgan fingerprint density at radius 2 is 1.79 bits per heavy atom. The van der Waals surface area contributed by atoms with Crippen LogP contribution in [0.5, 0.6) is 17.2 Å². The van der Waals surface area contributed by atoms with Crippen molar-refractivity contribution >= 4 is 34.2 Å². The number of rotatable bonds is 10. The molecule has 0 N–H and O–H groups in total. The summed E-state index contributed by atoms with van der Waals surface area (Å²) in [6.45, 7) is 5.07. The predicted molar refractivity (Wildman–Crippen MR) is 133 cm³/mol. The van der Waals surface area contributed by atoms with Crippen molar-refractivity contribution < 1.29 is 14.2 Å². The highest BCUT2D eigenvalue weighted by molar-refractivity contribution is 6.35. The van der Waals surface area contributed by atoms with E-state index in [-0.39, 0.29) is 6.61 Å². The van der Waals surface area contributed by atoms with E-state index in [1.54, 1.807) is 25.3 Å². The van der Waals surface area contributed by atoms with Crippen molar-refractivity contribution in [3.63, 3.8) is 0 Å². The highest BCUT2D eigenvalue weighted by Gasteiger charge is 2.13. The predicted octanol–water partition coefficient (Wildman–Crippen LogP) is 6.74. The number of nitrogens with zero attached hydrogens (tertiary/aromatic N) is 2. The zero-order valence-corrected chi connectivity index (χ0v) is 19.8. The molecule has 0 bridgehead atoms. The largest absolute Gasteiger partial charge is 0.493 e. The smallest absolute Gasteiger partial charge is 0.161 e. The van der Waals surface area contributed by atoms with Crippen LogP contribution in [-0.2, 0) is 19.6 Å². The zero-order chi connectivity index (χ0) is 23.2. The second-order valence-electron chi connectivity index (χ2n) is 7.36. The second-order valence-corrected chi connectivity index (χ2v) is 8.20. The molecule has 5 nitrogen and oxygen atoms in total. The normalized spacial score (nSPS) is 10.9. The minimum Gasteiger partial charge on any atom is -0.493 e. The summed E-state index contributed by atoms with van der Waals surface area (Å²) in [5.41, 5.74) is 3.02. The molecular formula is C26H24Cl2N2O3. The van der Waals surface area contributed by atoms with Crippen molar-refractivity contribution in [3.05, 3.63) is 94.8 Å². The first-order chi connectivity index (χ1) is 16.1. The summed E-state index contributed by atoms with van der Waals surface area (Å²) in [6, 6.07) is 19.0. The van der Waals surface area contributed by atoms with Crippen LogP contribution in [0.4, 0.5) is 0 Å². The molecule has 0 fully saturated rings. The Bertz CT molecular complexity index is 1270. The maximum atomic E-state index is 6.25. The van der Waals surface area contributed by atoms with E-state index < -0.39 is 0 Å². The van der Waals surface area contributed by atoms with Gasteiger partial charge in [0.1, 0.15) is 24.8 Å². The molecule has 1 aromatic heterocycles. The SMILES string of the molecule is C=CCc1ccc(OCCn2c(COc3ccc(Cl)cc3Cl)nc3ccccc32)c(OC)c1. The fraction of sp³-hybridized carbons (Fsp3) is 0.192. The first kappa shape index (κ1) is 23.0. The van der Waals surface area contributed by atoms with Gasteiger partial charge >= 0.3 is 0 Å². The third kappa shape index (κ3) is 5.44. The lowest BCUT2D eigenvalue weighted by atomic mass is 10.1. The van der Waals surface area contributed by atoms with E-state index in [1.165, 1.54) is 0 Å². The molecule has 3 aromatic carbocycles. The summed E-state index contributed by atoms with van der Waals surface area (Å²) < 4.78 is 19.6. The van der Waals surface area contributed by atoms with Gasteiger partial charge in [0, 0.05) is 5.02 Å². The van der Waals surface area contributed by atoms with Crippen molar-refractivity contribution in [1.29, 1.82) is 0 Å². The summed E-state index contributed by atoms with van der Waals surface area (Å²) in [5.74, 6) is 2.73. The molecule has 4 aromatic rings. The van der Waals surface area contributed by atoms with E-state index in [9.17, 15) is 0 Å². The number of halogens is 2. The number of allylic oxidation sites excluding steroid dienone is 1. The van der Waals surface area contributed by atoms with E-state index >= 15 is 0 Å². The third-order valence-electron chi connectivity index (χ3n) is 5.16. The second kappa shape index (κ2) is 10.6. The molecule has 0 saturated carbocycles. The van der Waals surface area contributed by atoms with Crippen LogP contribution >= 0.6 is 23.2 Å². The van der Waals surface area contributed by atoms with E-state index in [1.807, 2.05) is 48.5 Å². The van der Waals surface area contributed by atoms with Crippen LogP contribution in [0.15, 0.2) is 73.3 Å². The van der Waals surface area contributed by atoms with Crippen LogP contribution in [0, 0.1) is 0 Å². The van der Waals surface area contributed by atoms with E-state index in [2.05, 4.69) is 11.1 Å². The van der Waals surface area contributed by atoms with Crippen LogP contribution in [0.1, 0.15) is 11.4 Å². The van der Waals surface area contributed by atoms with Crippen molar-refractivity contribution in [2.24, 2.45) is 0 Å². The van der Waals surface area contributed by atoms with Gasteiger partial charge in [-0.3, -0.25) is 0 Å². The highest BCUT2D eigenvalue weighted by atomic mass is 35.5. The Hall–Kier alpha value is -3.15. The standard InChI is InChI=1S/C26H24Cl2N2O3/c1-3-6-18-9-11-24(25(15-18)31-2)32-14-13-30-22-8-5-4-7-21(22)29-26(30)17-33-23-12-10-19(27)16-20(23)28/h3-5,7-12,15-16H,1,6,13-14,17H2,2H3. The average molecular weight is 483 g/mol. The van der Waals surface area contributed by atoms with E-state index in [0.717, 1.165) is 28.8 Å². The van der Waals surface area contributed by atoms with Crippen LogP contribution in [0.3, 0.4) is 0 Å². The van der Waals surface area contributed by atoms with Gasteiger partial charge < -0.3 is 18.8 Å². The maximum Gasteiger partial charge on any atom is 0.161 e. The molecule has 0 atom stereocenters. The number of hydrogen-bond donors (Lipinski definition) is 0. The molecule has 0 aliphatic carbocycles. The number of benzene rings is 3. The maximum absolute atomic E-state index is 6.25. The minimum absolute atomic E-state index is 0.260. The van der Waals surface area contributed by atoms with Gasteiger partial charge in [-0.15, -0.1) is 6.58 Å². The topological polar surface area (TPSA) is 45.5 Å². The molecule has 0 unspecified atom stereocenters. The first-order valence-corrected chi connectivity index (χ1v) is 11.3. The van der Waals surface area contributed by atoms with Gasteiger partial charge in [0.05, 0.1) is 29.7 Å². The van der Waals surface area contributed by atoms with Gasteiger partial charge in [-0.2, -0.15) is 0 Å². The van der Waals surface area contributed by atoms with Gasteiger partial charge in [0.25, 0.3) is 0 Å². The lowest BCUT2D eigenvalue weighted by Crippen LogP contribution is -2.13. The fourth-order valence-corrected chi connectivity index (χ4v) is 4.05. The number of aromatic nitrogens is 2. The van der Waals surface area contributed by atoms with Crippen molar-refractivity contribution in [2.75, 3.05) is 13.7 Å². The lowest BCUT2D eigenvalue weighted by Gasteiger charge is -2.14. The highest BCUT2D eigenvalue weighted by Crippen LogP contribution is 2.30. The first-order valence-electron chi connectivity index (χ1n) is 10.5. The molecule has 7 heteroatoms. The summed E-state index contributed by atoms with van der Waals surface area (Å²) in [4.78, 5) is 4.75. The van der Waals surface area contributed by atoms with E-state index in [0.29, 0.717) is 40.4 Å². The van der Waals surface area contributed by atoms with Crippen LogP contribution in [0.2, 0.25) is 10.0 Å². The Labute approximate surface area is 203 Å². The number of hydrogen-bond acceptors (Lipinski definition) is 4. The Morgan fingerprint density at radius 3 is 2.58 bits per heavy atom. The van der Waals surface area contributed by atoms with Crippen molar-refractivity contribution in [3.8, 4) is 17.2 Å². The minimum atomic E-state index is 0.260. The molecule has 0 aliphatic heterocycles. The third-order valence-corrected chi connectivity index (χ3v) is 5.70. The van der Waals surface area contributed by atoms with Gasteiger partial charge in [-0.25, -0.2) is 4.98 Å². The van der Waals surface area contributed by atoms with Gasteiger partial charge in [-0.1, -0.05) is 47.5 Å². The number of para-hydroxylation sites is 2. The molecule has 0 saturated heterocycles. The number of fused-ring (bicyclic) bond motifs is 1. The van der Waals surface area contributed by atoms with Crippen LogP contribution in [0.25, 0.3) is 11.0 Å². The number of ether oxygens (including phenoxy) is 3. The van der Waals surface area contributed by atoms with E-state index in [4.69, 9.17) is 42.4 Å². The fourth-order valence-electron chi connectivity index (χ4n) is 3.59. The Balaban J connectivity index is 1.50. The molecule has 0 aliphatic rings. The van der Waals surface area contributed by atoms with Crippen molar-refractivity contribution in [2.45, 2.75) is 19.6 Å². The van der Waals surface area contributed by atoms with Gasteiger partial charge in [0.15, 0.2) is 11.5 Å². The quantitative estimate of drug-likeness (QED) is 0.235. The summed E-state index contributed by atoms with van der Waals surface area (Å²) in [5, 5.41) is 1.02.